The Hall–Kier alpha value is -2.64. The molecule has 2 aromatic carbocycles. The quantitative estimate of drug-likeness (QED) is 0.452. The number of halogens is 1. The number of hydrogen-bond acceptors (Lipinski definition) is 5. The number of hydrogen-bond donors (Lipinski definition) is 1. The molecule has 152 valence electrons. The lowest BCUT2D eigenvalue weighted by molar-refractivity contribution is -0.137. The van der Waals surface area contributed by atoms with E-state index in [9.17, 15) is 9.59 Å². The smallest absolute Gasteiger partial charge is 0.278 e. The van der Waals surface area contributed by atoms with Gasteiger partial charge in [0.2, 0.25) is 0 Å². The fourth-order valence-electron chi connectivity index (χ4n) is 3.18. The highest BCUT2D eigenvalue weighted by atomic mass is 79.9. The zero-order valence-corrected chi connectivity index (χ0v) is 18.0. The van der Waals surface area contributed by atoms with Gasteiger partial charge in [0.05, 0.1) is 12.7 Å². The summed E-state index contributed by atoms with van der Waals surface area (Å²) in [6, 6.07) is 14.6. The third kappa shape index (κ3) is 4.68. The second-order valence-corrected chi connectivity index (χ2v) is 7.31. The van der Waals surface area contributed by atoms with Crippen molar-refractivity contribution in [3.05, 3.63) is 64.3 Å². The first-order valence-corrected chi connectivity index (χ1v) is 10.2. The Morgan fingerprint density at radius 3 is 2.59 bits per heavy atom. The predicted octanol–water partition coefficient (Wildman–Crippen LogP) is 4.08. The third-order valence-electron chi connectivity index (χ3n) is 4.51. The molecule has 3 rings (SSSR count). The normalized spacial score (nSPS) is 14.0. The van der Waals surface area contributed by atoms with E-state index in [0.717, 1.165) is 4.47 Å². The summed E-state index contributed by atoms with van der Waals surface area (Å²) in [5.41, 5.74) is 1.84. The van der Waals surface area contributed by atoms with E-state index >= 15 is 0 Å². The van der Waals surface area contributed by atoms with Crippen LogP contribution >= 0.6 is 15.9 Å². The number of imide groups is 1. The highest BCUT2D eigenvalue weighted by molar-refractivity contribution is 9.10. The summed E-state index contributed by atoms with van der Waals surface area (Å²) in [6.07, 6.45) is 0.578. The van der Waals surface area contributed by atoms with Crippen molar-refractivity contribution in [1.82, 2.24) is 4.90 Å². The molecule has 2 amide bonds. The van der Waals surface area contributed by atoms with Gasteiger partial charge >= 0.3 is 0 Å². The molecule has 0 saturated heterocycles. The number of carbonyl (C=O) groups is 2. The van der Waals surface area contributed by atoms with Crippen molar-refractivity contribution in [2.75, 3.05) is 32.2 Å². The third-order valence-corrected chi connectivity index (χ3v) is 5.01. The van der Waals surface area contributed by atoms with Gasteiger partial charge in [0, 0.05) is 35.5 Å². The number of anilines is 1. The lowest BCUT2D eigenvalue weighted by atomic mass is 10.0. The van der Waals surface area contributed by atoms with E-state index in [1.807, 2.05) is 43.3 Å². The van der Waals surface area contributed by atoms with E-state index in [1.165, 1.54) is 4.90 Å². The minimum absolute atomic E-state index is 0.244. The second-order valence-electron chi connectivity index (χ2n) is 6.40. The van der Waals surface area contributed by atoms with Crippen molar-refractivity contribution in [1.29, 1.82) is 0 Å². The van der Waals surface area contributed by atoms with Gasteiger partial charge in [0.15, 0.2) is 0 Å². The van der Waals surface area contributed by atoms with Crippen molar-refractivity contribution in [2.24, 2.45) is 0 Å². The Balaban J connectivity index is 1.99. The largest absolute Gasteiger partial charge is 0.496 e. The van der Waals surface area contributed by atoms with Gasteiger partial charge in [-0.15, -0.1) is 0 Å². The van der Waals surface area contributed by atoms with E-state index in [-0.39, 0.29) is 17.5 Å². The summed E-state index contributed by atoms with van der Waals surface area (Å²) < 4.78 is 11.6. The summed E-state index contributed by atoms with van der Waals surface area (Å²) in [5.74, 6) is -0.158. The van der Waals surface area contributed by atoms with Crippen LogP contribution in [0.3, 0.4) is 0 Å². The molecular weight excluding hydrogens is 436 g/mol. The number of nitrogens with one attached hydrogen (secondary N) is 1. The maximum Gasteiger partial charge on any atom is 0.278 e. The van der Waals surface area contributed by atoms with Crippen LogP contribution in [0.25, 0.3) is 5.57 Å². The Kier molecular flexibility index (Phi) is 7.06. The summed E-state index contributed by atoms with van der Waals surface area (Å²) in [4.78, 5) is 27.6. The molecule has 6 nitrogen and oxygen atoms in total. The van der Waals surface area contributed by atoms with E-state index < -0.39 is 0 Å². The topological polar surface area (TPSA) is 67.9 Å². The van der Waals surface area contributed by atoms with Gasteiger partial charge in [0.1, 0.15) is 11.4 Å². The van der Waals surface area contributed by atoms with Gasteiger partial charge in [-0.1, -0.05) is 40.2 Å². The number of nitrogens with zero attached hydrogens (tertiary/aromatic N) is 1. The molecule has 0 aromatic heterocycles. The zero-order chi connectivity index (χ0) is 20.8. The number of methoxy groups -OCH3 is 1. The van der Waals surface area contributed by atoms with Crippen molar-refractivity contribution >= 4 is 39.0 Å². The molecule has 1 aliphatic heterocycles. The Morgan fingerprint density at radius 2 is 1.86 bits per heavy atom. The minimum atomic E-state index is -0.354. The Bertz CT molecular complexity index is 942. The van der Waals surface area contributed by atoms with E-state index in [2.05, 4.69) is 21.2 Å². The average molecular weight is 459 g/mol. The van der Waals surface area contributed by atoms with Crippen molar-refractivity contribution in [3.63, 3.8) is 0 Å². The maximum atomic E-state index is 13.2. The fourth-order valence-corrected chi connectivity index (χ4v) is 3.57. The highest BCUT2D eigenvalue weighted by Crippen LogP contribution is 2.35. The van der Waals surface area contributed by atoms with Crippen molar-refractivity contribution < 1.29 is 19.1 Å². The lowest BCUT2D eigenvalue weighted by Gasteiger charge is -2.15. The van der Waals surface area contributed by atoms with Gasteiger partial charge in [-0.2, -0.15) is 0 Å². The molecule has 0 atom stereocenters. The van der Waals surface area contributed by atoms with Crippen LogP contribution < -0.4 is 10.1 Å². The van der Waals surface area contributed by atoms with Gasteiger partial charge in [-0.3, -0.25) is 14.5 Å². The summed E-state index contributed by atoms with van der Waals surface area (Å²) in [5, 5.41) is 3.14. The first-order chi connectivity index (χ1) is 14.1. The van der Waals surface area contributed by atoms with Crippen molar-refractivity contribution in [3.8, 4) is 5.75 Å². The van der Waals surface area contributed by atoms with E-state index in [4.69, 9.17) is 9.47 Å². The number of para-hydroxylation sites is 1. The molecule has 2 aromatic rings. The van der Waals surface area contributed by atoms with Gasteiger partial charge < -0.3 is 14.8 Å². The Labute approximate surface area is 178 Å². The number of amides is 2. The molecule has 7 heteroatoms. The molecule has 0 fully saturated rings. The summed E-state index contributed by atoms with van der Waals surface area (Å²) in [6.45, 7) is 3.29. The molecule has 0 bridgehead atoms. The molecule has 1 aliphatic rings. The number of rotatable bonds is 9. The van der Waals surface area contributed by atoms with E-state index in [0.29, 0.717) is 48.8 Å². The van der Waals surface area contributed by atoms with E-state index in [1.54, 1.807) is 19.2 Å². The molecule has 0 spiro atoms. The first-order valence-electron chi connectivity index (χ1n) is 9.41. The van der Waals surface area contributed by atoms with Crippen LogP contribution in [0.15, 0.2) is 58.7 Å². The lowest BCUT2D eigenvalue weighted by Crippen LogP contribution is -2.34. The molecule has 1 N–H and O–H groups in total. The average Bonchev–Trinajstić information content (AvgIpc) is 2.95. The maximum absolute atomic E-state index is 13.2. The molecule has 0 unspecified atom stereocenters. The predicted molar refractivity (Wildman–Crippen MR) is 116 cm³/mol. The highest BCUT2D eigenvalue weighted by Gasteiger charge is 2.39. The van der Waals surface area contributed by atoms with Crippen LogP contribution in [0, 0.1) is 0 Å². The van der Waals surface area contributed by atoms with Crippen LogP contribution in [0.5, 0.6) is 5.75 Å². The molecular formula is C22H23BrN2O4. The zero-order valence-electron chi connectivity index (χ0n) is 16.4. The van der Waals surface area contributed by atoms with Gasteiger partial charge in [-0.25, -0.2) is 0 Å². The summed E-state index contributed by atoms with van der Waals surface area (Å²) in [7, 11) is 1.54. The van der Waals surface area contributed by atoms with Crippen LogP contribution in [0.2, 0.25) is 0 Å². The molecule has 0 aliphatic carbocycles. The van der Waals surface area contributed by atoms with Crippen LogP contribution in [0.4, 0.5) is 5.69 Å². The number of carbonyl (C=O) groups excluding carboxylic acids is 2. The van der Waals surface area contributed by atoms with Crippen LogP contribution in [0.1, 0.15) is 18.9 Å². The van der Waals surface area contributed by atoms with Crippen LogP contribution in [-0.4, -0.2) is 43.6 Å². The number of ether oxygens (including phenoxy) is 2. The molecule has 0 saturated carbocycles. The molecule has 0 radical (unpaired) electrons. The first kappa shape index (κ1) is 21.1. The van der Waals surface area contributed by atoms with Gasteiger partial charge in [-0.05, 0) is 37.6 Å². The van der Waals surface area contributed by atoms with Crippen molar-refractivity contribution in [2.45, 2.75) is 13.3 Å². The molecule has 29 heavy (non-hydrogen) atoms. The summed E-state index contributed by atoms with van der Waals surface area (Å²) >= 11 is 3.43. The standard InChI is InChI=1S/C22H23BrN2O4/c1-3-29-13-7-12-25-21(26)19(17-10-4-5-11-18(17)28-2)20(22(25)27)24-16-9-6-8-15(23)14-16/h4-6,8-11,14,24H,3,7,12-13H2,1-2H3. The Morgan fingerprint density at radius 1 is 1.07 bits per heavy atom. The number of benzene rings is 2. The van der Waals surface area contributed by atoms with Gasteiger partial charge in [0.25, 0.3) is 11.8 Å². The monoisotopic (exact) mass is 458 g/mol. The SMILES string of the molecule is CCOCCCN1C(=O)C(Nc2cccc(Br)c2)=C(c2ccccc2OC)C1=O. The second kappa shape index (κ2) is 9.71. The minimum Gasteiger partial charge on any atom is -0.496 e. The fraction of sp³-hybridized carbons (Fsp3) is 0.273. The molecule has 1 heterocycles. The van der Waals surface area contributed by atoms with Crippen LogP contribution in [-0.2, 0) is 14.3 Å².